The van der Waals surface area contributed by atoms with Crippen LogP contribution in [0.15, 0.2) is 42.5 Å². The van der Waals surface area contributed by atoms with Crippen molar-refractivity contribution in [2.45, 2.75) is 57.2 Å². The van der Waals surface area contributed by atoms with E-state index in [1.165, 1.54) is 0 Å². The van der Waals surface area contributed by atoms with E-state index in [4.69, 9.17) is 25.8 Å². The number of benzene rings is 2. The molecule has 4 atom stereocenters. The highest BCUT2D eigenvalue weighted by molar-refractivity contribution is 6.31. The van der Waals surface area contributed by atoms with Crippen LogP contribution in [0.4, 0.5) is 0 Å². The summed E-state index contributed by atoms with van der Waals surface area (Å²) in [5.74, 6) is -0.291. The van der Waals surface area contributed by atoms with E-state index < -0.39 is 24.1 Å². The van der Waals surface area contributed by atoms with Gasteiger partial charge in [0.05, 0.1) is 18.8 Å². The van der Waals surface area contributed by atoms with Crippen molar-refractivity contribution in [2.24, 2.45) is 0 Å². The zero-order chi connectivity index (χ0) is 21.0. The number of ether oxygens (including phenoxy) is 3. The first-order chi connectivity index (χ1) is 13.9. The lowest BCUT2D eigenvalue weighted by atomic mass is 9.88. The van der Waals surface area contributed by atoms with E-state index in [1.807, 2.05) is 56.3 Å². The van der Waals surface area contributed by atoms with Crippen LogP contribution in [-0.2, 0) is 21.7 Å². The average Bonchev–Trinajstić information content (AvgIpc) is 2.73. The van der Waals surface area contributed by atoms with Crippen LogP contribution in [0.2, 0.25) is 5.02 Å². The number of halogens is 1. The van der Waals surface area contributed by atoms with E-state index >= 15 is 0 Å². The minimum Gasteiger partial charge on any atom is -0.494 e. The fourth-order valence-electron chi connectivity index (χ4n) is 3.80. The Morgan fingerprint density at radius 1 is 1.14 bits per heavy atom. The maximum atomic E-state index is 10.4. The Hall–Kier alpha value is -1.63. The van der Waals surface area contributed by atoms with Crippen LogP contribution in [0.3, 0.4) is 0 Å². The molecule has 1 aliphatic rings. The molecule has 4 unspecified atom stereocenters. The molecule has 0 aromatic heterocycles. The van der Waals surface area contributed by atoms with Crippen molar-refractivity contribution in [3.8, 4) is 5.75 Å². The van der Waals surface area contributed by atoms with Crippen molar-refractivity contribution in [3.05, 3.63) is 64.2 Å². The largest absolute Gasteiger partial charge is 0.494 e. The predicted molar refractivity (Wildman–Crippen MR) is 112 cm³/mol. The standard InChI is InChI=1S/C23H29ClO5/c1-4-21-22(26)20(25)14-23(27-3,29-21)17-8-11-19(24)16(13-17)12-15-6-9-18(10-7-15)28-5-2/h6-11,13,20-22,25-26H,4-5,12,14H2,1-3H3. The van der Waals surface area contributed by atoms with Crippen molar-refractivity contribution >= 4 is 11.6 Å². The third-order valence-corrected chi connectivity index (χ3v) is 5.81. The molecule has 29 heavy (non-hydrogen) atoms. The van der Waals surface area contributed by atoms with Crippen molar-refractivity contribution in [3.63, 3.8) is 0 Å². The van der Waals surface area contributed by atoms with Crippen molar-refractivity contribution in [2.75, 3.05) is 13.7 Å². The Morgan fingerprint density at radius 2 is 1.86 bits per heavy atom. The Morgan fingerprint density at radius 3 is 2.48 bits per heavy atom. The van der Waals surface area contributed by atoms with Gasteiger partial charge in [-0.05, 0) is 55.2 Å². The van der Waals surface area contributed by atoms with E-state index in [2.05, 4.69) is 0 Å². The van der Waals surface area contributed by atoms with E-state index in [-0.39, 0.29) is 6.42 Å². The van der Waals surface area contributed by atoms with Gasteiger partial charge in [-0.2, -0.15) is 0 Å². The molecule has 3 rings (SSSR count). The quantitative estimate of drug-likeness (QED) is 0.707. The first kappa shape index (κ1) is 22.1. The van der Waals surface area contributed by atoms with E-state index in [9.17, 15) is 10.2 Å². The zero-order valence-corrected chi connectivity index (χ0v) is 17.9. The molecule has 0 radical (unpaired) electrons. The molecule has 1 heterocycles. The van der Waals surface area contributed by atoms with Crippen molar-refractivity contribution in [1.29, 1.82) is 0 Å². The third-order valence-electron chi connectivity index (χ3n) is 5.44. The van der Waals surface area contributed by atoms with Gasteiger partial charge < -0.3 is 24.4 Å². The first-order valence-electron chi connectivity index (χ1n) is 10.0. The minimum absolute atomic E-state index is 0.144. The molecule has 0 amide bonds. The van der Waals surface area contributed by atoms with Crippen molar-refractivity contribution < 1.29 is 24.4 Å². The fourth-order valence-corrected chi connectivity index (χ4v) is 3.99. The van der Waals surface area contributed by atoms with Gasteiger partial charge in [-0.3, -0.25) is 0 Å². The fraction of sp³-hybridized carbons (Fsp3) is 0.478. The lowest BCUT2D eigenvalue weighted by Crippen LogP contribution is -2.53. The molecular weight excluding hydrogens is 392 g/mol. The topological polar surface area (TPSA) is 68.2 Å². The molecule has 5 nitrogen and oxygen atoms in total. The molecule has 1 saturated heterocycles. The Bertz CT molecular complexity index is 809. The molecule has 0 bridgehead atoms. The minimum atomic E-state index is -1.13. The number of hydrogen-bond donors (Lipinski definition) is 2. The van der Waals surface area contributed by atoms with Gasteiger partial charge in [-0.15, -0.1) is 0 Å². The highest BCUT2D eigenvalue weighted by atomic mass is 35.5. The summed E-state index contributed by atoms with van der Waals surface area (Å²) in [5.41, 5.74) is 2.81. The van der Waals surface area contributed by atoms with Gasteiger partial charge in [-0.1, -0.05) is 36.7 Å². The van der Waals surface area contributed by atoms with Crippen LogP contribution >= 0.6 is 11.6 Å². The number of rotatable bonds is 7. The van der Waals surface area contributed by atoms with E-state index in [1.54, 1.807) is 7.11 Å². The number of hydrogen-bond acceptors (Lipinski definition) is 5. The summed E-state index contributed by atoms with van der Waals surface area (Å²) in [4.78, 5) is 0. The molecule has 0 saturated carbocycles. The highest BCUT2D eigenvalue weighted by Gasteiger charge is 2.47. The Balaban J connectivity index is 1.89. The molecule has 2 aromatic rings. The lowest BCUT2D eigenvalue weighted by molar-refractivity contribution is -0.319. The maximum absolute atomic E-state index is 10.4. The number of aliphatic hydroxyl groups is 2. The van der Waals surface area contributed by atoms with Crippen LogP contribution in [0, 0.1) is 0 Å². The number of methoxy groups -OCH3 is 1. The molecular formula is C23H29ClO5. The van der Waals surface area contributed by atoms with E-state index in [0.717, 1.165) is 22.4 Å². The second-order valence-electron chi connectivity index (χ2n) is 7.34. The van der Waals surface area contributed by atoms with Crippen LogP contribution in [-0.4, -0.2) is 42.2 Å². The van der Waals surface area contributed by atoms with Crippen LogP contribution < -0.4 is 4.74 Å². The van der Waals surface area contributed by atoms with Crippen LogP contribution in [0.1, 0.15) is 43.4 Å². The maximum Gasteiger partial charge on any atom is 0.197 e. The second-order valence-corrected chi connectivity index (χ2v) is 7.75. The molecule has 2 aromatic carbocycles. The van der Waals surface area contributed by atoms with Crippen molar-refractivity contribution in [1.82, 2.24) is 0 Å². The average molecular weight is 421 g/mol. The van der Waals surface area contributed by atoms with Gasteiger partial charge in [0, 0.05) is 24.1 Å². The molecule has 158 valence electrons. The predicted octanol–water partition coefficient (Wildman–Crippen LogP) is 4.05. The van der Waals surface area contributed by atoms with Crippen LogP contribution in [0.25, 0.3) is 0 Å². The monoisotopic (exact) mass is 420 g/mol. The van der Waals surface area contributed by atoms with Gasteiger partial charge in [0.25, 0.3) is 0 Å². The molecule has 2 N–H and O–H groups in total. The summed E-state index contributed by atoms with van der Waals surface area (Å²) >= 11 is 6.47. The summed E-state index contributed by atoms with van der Waals surface area (Å²) in [6.45, 7) is 4.49. The Kier molecular flexibility index (Phi) is 7.19. The van der Waals surface area contributed by atoms with Gasteiger partial charge in [0.1, 0.15) is 11.9 Å². The summed E-state index contributed by atoms with van der Waals surface area (Å²) in [7, 11) is 1.55. The van der Waals surface area contributed by atoms with Gasteiger partial charge in [0.2, 0.25) is 0 Å². The summed E-state index contributed by atoms with van der Waals surface area (Å²) < 4.78 is 17.4. The summed E-state index contributed by atoms with van der Waals surface area (Å²) in [6, 6.07) is 13.6. The second kappa shape index (κ2) is 9.45. The Labute approximate surface area is 177 Å². The zero-order valence-electron chi connectivity index (χ0n) is 17.1. The molecule has 6 heteroatoms. The van der Waals surface area contributed by atoms with Gasteiger partial charge >= 0.3 is 0 Å². The molecule has 0 aliphatic carbocycles. The van der Waals surface area contributed by atoms with Gasteiger partial charge in [-0.25, -0.2) is 0 Å². The van der Waals surface area contributed by atoms with Gasteiger partial charge in [0.15, 0.2) is 5.79 Å². The lowest BCUT2D eigenvalue weighted by Gasteiger charge is -2.44. The summed E-state index contributed by atoms with van der Waals surface area (Å²) in [5, 5.41) is 21.2. The molecule has 0 spiro atoms. The summed E-state index contributed by atoms with van der Waals surface area (Å²) in [6.07, 6.45) is -1.02. The van der Waals surface area contributed by atoms with Crippen LogP contribution in [0.5, 0.6) is 5.75 Å². The number of aliphatic hydroxyl groups excluding tert-OH is 2. The molecule has 1 aliphatic heterocycles. The van der Waals surface area contributed by atoms with E-state index in [0.29, 0.717) is 24.5 Å². The first-order valence-corrected chi connectivity index (χ1v) is 10.4. The molecule has 1 fully saturated rings. The highest BCUT2D eigenvalue weighted by Crippen LogP contribution is 2.40. The smallest absolute Gasteiger partial charge is 0.197 e. The normalized spacial score (nSPS) is 27.0. The third kappa shape index (κ3) is 4.76. The SMILES string of the molecule is CCOc1ccc(Cc2cc(C3(OC)CC(O)C(O)C(CC)O3)ccc2Cl)cc1.